The van der Waals surface area contributed by atoms with E-state index in [1.807, 2.05) is 0 Å². The lowest BCUT2D eigenvalue weighted by molar-refractivity contribution is 0.0696. The maximum Gasteiger partial charge on any atom is 0.335 e. The molecule has 2 aromatic carbocycles. The molecule has 0 bridgehead atoms. The first-order valence-electron chi connectivity index (χ1n) is 6.60. The van der Waals surface area contributed by atoms with Crippen LogP contribution in [-0.2, 0) is 10.1 Å². The second-order valence-corrected chi connectivity index (χ2v) is 7.46. The highest BCUT2D eigenvalue weighted by atomic mass is 79.9. The van der Waals surface area contributed by atoms with Crippen LogP contribution >= 0.6 is 15.9 Å². The summed E-state index contributed by atoms with van der Waals surface area (Å²) in [5, 5.41) is 9.04. The lowest BCUT2D eigenvalue weighted by Gasteiger charge is -2.21. The van der Waals surface area contributed by atoms with E-state index in [0.717, 1.165) is 24.3 Å². The average molecular weight is 426 g/mol. The molecule has 0 fully saturated rings. The van der Waals surface area contributed by atoms with Gasteiger partial charge in [-0.15, -0.1) is 0 Å². The second-order valence-electron chi connectivity index (χ2n) is 5.22. The molecule has 0 aliphatic heterocycles. The van der Waals surface area contributed by atoms with Gasteiger partial charge < -0.3 is 10.8 Å². The monoisotopic (exact) mass is 425 g/mol. The predicted molar refractivity (Wildman–Crippen MR) is 88.6 cm³/mol. The zero-order chi connectivity index (χ0) is 18.7. The number of rotatable bonds is 2. The Balaban J connectivity index is 2.37. The summed E-state index contributed by atoms with van der Waals surface area (Å²) in [5.41, 5.74) is 4.21. The van der Waals surface area contributed by atoms with Gasteiger partial charge in [0.2, 0.25) is 0 Å². The van der Waals surface area contributed by atoms with Crippen LogP contribution in [0.15, 0.2) is 33.6 Å². The minimum absolute atomic E-state index is 0.0611. The molecule has 0 amide bonds. The predicted octanol–water partition coefficient (Wildman–Crippen LogP) is 1.75. The zero-order valence-electron chi connectivity index (χ0n) is 12.1. The summed E-state index contributed by atoms with van der Waals surface area (Å²) < 4.78 is 32.1. The first-order valence-corrected chi connectivity index (χ1v) is 8.83. The van der Waals surface area contributed by atoms with Crippen LogP contribution in [0.3, 0.4) is 0 Å². The molecule has 0 saturated heterocycles. The SMILES string of the molecule is Nc1c(S(=O)(=O)O)cc(Br)c2c1C(=O)c1ccc(C(=O)O)cc1C2=O. The molecule has 1 aliphatic carbocycles. The summed E-state index contributed by atoms with van der Waals surface area (Å²) in [6.07, 6.45) is 0. The molecule has 0 saturated carbocycles. The molecule has 8 nitrogen and oxygen atoms in total. The summed E-state index contributed by atoms with van der Waals surface area (Å²) in [6, 6.07) is 4.30. The van der Waals surface area contributed by atoms with E-state index in [1.165, 1.54) is 0 Å². The van der Waals surface area contributed by atoms with Gasteiger partial charge in [-0.1, -0.05) is 0 Å². The van der Waals surface area contributed by atoms with Gasteiger partial charge in [-0.25, -0.2) is 4.79 Å². The number of halogens is 1. The highest BCUT2D eigenvalue weighted by Gasteiger charge is 2.36. The van der Waals surface area contributed by atoms with E-state index in [1.54, 1.807) is 0 Å². The highest BCUT2D eigenvalue weighted by molar-refractivity contribution is 9.10. The fourth-order valence-corrected chi connectivity index (χ4v) is 4.05. The van der Waals surface area contributed by atoms with Crippen molar-refractivity contribution >= 4 is 49.3 Å². The van der Waals surface area contributed by atoms with Crippen molar-refractivity contribution in [2.75, 3.05) is 5.73 Å². The third kappa shape index (κ3) is 2.54. The minimum atomic E-state index is -4.72. The Morgan fingerprint density at radius 1 is 1.04 bits per heavy atom. The molecule has 128 valence electrons. The van der Waals surface area contributed by atoms with Crippen molar-refractivity contribution in [1.29, 1.82) is 0 Å². The number of aromatic carboxylic acids is 1. The summed E-state index contributed by atoms with van der Waals surface area (Å²) in [7, 11) is -4.72. The van der Waals surface area contributed by atoms with Gasteiger partial charge in [-0.05, 0) is 40.2 Å². The van der Waals surface area contributed by atoms with Gasteiger partial charge in [-0.3, -0.25) is 14.1 Å². The van der Waals surface area contributed by atoms with Crippen molar-refractivity contribution < 1.29 is 32.5 Å². The number of carbonyl (C=O) groups excluding carboxylic acids is 2. The van der Waals surface area contributed by atoms with Crippen LogP contribution in [0.2, 0.25) is 0 Å². The number of hydrogen-bond acceptors (Lipinski definition) is 6. The number of carbonyl (C=O) groups is 3. The molecule has 2 aromatic rings. The largest absolute Gasteiger partial charge is 0.478 e. The Kier molecular flexibility index (Phi) is 3.78. The normalized spacial score (nSPS) is 13.4. The van der Waals surface area contributed by atoms with E-state index < -0.39 is 38.2 Å². The van der Waals surface area contributed by atoms with Crippen LogP contribution in [-0.4, -0.2) is 35.6 Å². The molecule has 3 rings (SSSR count). The van der Waals surface area contributed by atoms with E-state index in [2.05, 4.69) is 15.9 Å². The van der Waals surface area contributed by atoms with Crippen molar-refractivity contribution in [3.8, 4) is 0 Å². The third-order valence-corrected chi connectivity index (χ3v) is 5.29. The van der Waals surface area contributed by atoms with Crippen LogP contribution < -0.4 is 5.73 Å². The van der Waals surface area contributed by atoms with E-state index in [-0.39, 0.29) is 32.3 Å². The Bertz CT molecular complexity index is 1110. The number of nitrogens with two attached hydrogens (primary N) is 1. The molecule has 0 unspecified atom stereocenters. The molecule has 1 aliphatic rings. The van der Waals surface area contributed by atoms with Crippen LogP contribution in [0, 0.1) is 0 Å². The topological polar surface area (TPSA) is 152 Å². The molecule has 0 aromatic heterocycles. The fraction of sp³-hybridized carbons (Fsp3) is 0. The Hall–Kier alpha value is -2.56. The maximum absolute atomic E-state index is 12.7. The Morgan fingerprint density at radius 3 is 2.20 bits per heavy atom. The molecular formula is C15H8BrNO7S. The van der Waals surface area contributed by atoms with E-state index in [9.17, 15) is 27.4 Å². The van der Waals surface area contributed by atoms with Crippen molar-refractivity contribution in [3.63, 3.8) is 0 Å². The lowest BCUT2D eigenvalue weighted by Crippen LogP contribution is -2.24. The van der Waals surface area contributed by atoms with Crippen LogP contribution in [0.1, 0.15) is 42.2 Å². The lowest BCUT2D eigenvalue weighted by atomic mass is 9.82. The number of hydrogen-bond donors (Lipinski definition) is 3. The zero-order valence-corrected chi connectivity index (χ0v) is 14.5. The van der Waals surface area contributed by atoms with Crippen LogP contribution in [0.5, 0.6) is 0 Å². The number of nitrogen functional groups attached to an aromatic ring is 1. The molecule has 0 atom stereocenters. The number of anilines is 1. The quantitative estimate of drug-likeness (QED) is 0.414. The summed E-state index contributed by atoms with van der Waals surface area (Å²) in [4.78, 5) is 35.8. The number of carboxylic acid groups (broad SMARTS) is 1. The molecule has 0 heterocycles. The van der Waals surface area contributed by atoms with Gasteiger partial charge in [0.25, 0.3) is 10.1 Å². The molecule has 10 heteroatoms. The first kappa shape index (κ1) is 17.3. The summed E-state index contributed by atoms with van der Waals surface area (Å²) in [6.45, 7) is 0. The van der Waals surface area contributed by atoms with Crippen molar-refractivity contribution in [2.45, 2.75) is 4.90 Å². The molecule has 0 radical (unpaired) electrons. The molecule has 25 heavy (non-hydrogen) atoms. The fourth-order valence-electron chi connectivity index (χ4n) is 2.65. The molecule has 4 N–H and O–H groups in total. The minimum Gasteiger partial charge on any atom is -0.478 e. The van der Waals surface area contributed by atoms with E-state index in [0.29, 0.717) is 0 Å². The first-order chi connectivity index (χ1) is 11.5. The van der Waals surface area contributed by atoms with Crippen molar-refractivity contribution in [3.05, 3.63) is 56.6 Å². The average Bonchev–Trinajstić information content (AvgIpc) is 2.52. The van der Waals surface area contributed by atoms with Gasteiger partial charge >= 0.3 is 5.97 Å². The number of carboxylic acids is 1. The van der Waals surface area contributed by atoms with Crippen LogP contribution in [0.25, 0.3) is 0 Å². The van der Waals surface area contributed by atoms with Gasteiger partial charge in [0.15, 0.2) is 11.6 Å². The third-order valence-electron chi connectivity index (χ3n) is 3.77. The van der Waals surface area contributed by atoms with Crippen LogP contribution in [0.4, 0.5) is 5.69 Å². The Labute approximate surface area is 149 Å². The van der Waals surface area contributed by atoms with Gasteiger partial charge in [-0.2, -0.15) is 8.42 Å². The Morgan fingerprint density at radius 2 is 1.64 bits per heavy atom. The number of benzene rings is 2. The van der Waals surface area contributed by atoms with Crippen molar-refractivity contribution in [2.24, 2.45) is 0 Å². The maximum atomic E-state index is 12.7. The molecule has 0 spiro atoms. The standard InChI is InChI=1S/C15H8BrNO7S/c16-8-4-9(25(22,23)24)12(17)11-10(8)14(19)7-3-5(15(20)21)1-2-6(7)13(11)18/h1-4H,17H2,(H,20,21)(H,22,23,24). The summed E-state index contributed by atoms with van der Waals surface area (Å²) >= 11 is 3.01. The highest BCUT2D eigenvalue weighted by Crippen LogP contribution is 2.39. The van der Waals surface area contributed by atoms with Gasteiger partial charge in [0, 0.05) is 15.6 Å². The van der Waals surface area contributed by atoms with E-state index in [4.69, 9.17) is 10.8 Å². The second kappa shape index (κ2) is 5.48. The number of ketones is 2. The van der Waals surface area contributed by atoms with Crippen molar-refractivity contribution in [1.82, 2.24) is 0 Å². The van der Waals surface area contributed by atoms with Gasteiger partial charge in [0.1, 0.15) is 4.90 Å². The number of fused-ring (bicyclic) bond motifs is 2. The smallest absolute Gasteiger partial charge is 0.335 e. The van der Waals surface area contributed by atoms with Gasteiger partial charge in [0.05, 0.1) is 22.4 Å². The van der Waals surface area contributed by atoms with E-state index >= 15 is 0 Å². The summed E-state index contributed by atoms with van der Waals surface area (Å²) in [5.74, 6) is -2.70. The molecular weight excluding hydrogens is 418 g/mol.